The first kappa shape index (κ1) is 14.2. The maximum absolute atomic E-state index is 13.3. The molecule has 19 heavy (non-hydrogen) atoms. The molecule has 1 N–H and O–H groups in total. The number of nitrogens with one attached hydrogen (secondary N) is 1. The van der Waals surface area contributed by atoms with Crippen molar-refractivity contribution in [2.24, 2.45) is 0 Å². The van der Waals surface area contributed by atoms with Crippen molar-refractivity contribution < 1.29 is 4.39 Å². The number of rotatable bonds is 4. The molecule has 0 heterocycles. The van der Waals surface area contributed by atoms with Crippen molar-refractivity contribution in [3.63, 3.8) is 0 Å². The SMILES string of the molecule is CCC(Nc1c(Cl)cccc1Cl)c1cccc(F)c1. The highest BCUT2D eigenvalue weighted by Crippen LogP contribution is 2.33. The van der Waals surface area contributed by atoms with E-state index in [-0.39, 0.29) is 11.9 Å². The van der Waals surface area contributed by atoms with Crippen molar-refractivity contribution in [2.75, 3.05) is 5.32 Å². The second-order valence-electron chi connectivity index (χ2n) is 4.26. The second kappa shape index (κ2) is 6.27. The van der Waals surface area contributed by atoms with E-state index in [1.54, 1.807) is 24.3 Å². The van der Waals surface area contributed by atoms with E-state index in [0.29, 0.717) is 15.7 Å². The van der Waals surface area contributed by atoms with E-state index in [2.05, 4.69) is 5.32 Å². The lowest BCUT2D eigenvalue weighted by Gasteiger charge is -2.20. The maximum atomic E-state index is 13.3. The Labute approximate surface area is 122 Å². The molecular formula is C15H14Cl2FN. The maximum Gasteiger partial charge on any atom is 0.123 e. The van der Waals surface area contributed by atoms with E-state index in [1.807, 2.05) is 13.0 Å². The minimum absolute atomic E-state index is 0.0342. The Hall–Kier alpha value is -1.25. The lowest BCUT2D eigenvalue weighted by atomic mass is 10.0. The smallest absolute Gasteiger partial charge is 0.123 e. The van der Waals surface area contributed by atoms with Crippen molar-refractivity contribution in [2.45, 2.75) is 19.4 Å². The molecule has 0 aliphatic rings. The fourth-order valence-electron chi connectivity index (χ4n) is 1.95. The van der Waals surface area contributed by atoms with Crippen LogP contribution in [0.2, 0.25) is 10.0 Å². The molecule has 0 saturated carbocycles. The molecular weight excluding hydrogens is 284 g/mol. The molecule has 2 aromatic rings. The summed E-state index contributed by atoms with van der Waals surface area (Å²) in [6, 6.07) is 11.8. The van der Waals surface area contributed by atoms with Crippen LogP contribution in [0.3, 0.4) is 0 Å². The average Bonchev–Trinajstić information content (AvgIpc) is 2.38. The standard InChI is InChI=1S/C15H14Cl2FN/c1-2-14(10-5-3-6-11(18)9-10)19-15-12(16)7-4-8-13(15)17/h3-9,14,19H,2H2,1H3. The topological polar surface area (TPSA) is 12.0 Å². The van der Waals surface area contributed by atoms with Gasteiger partial charge in [0.15, 0.2) is 0 Å². The summed E-state index contributed by atoms with van der Waals surface area (Å²) in [7, 11) is 0. The summed E-state index contributed by atoms with van der Waals surface area (Å²) in [5, 5.41) is 4.39. The number of anilines is 1. The monoisotopic (exact) mass is 297 g/mol. The minimum atomic E-state index is -0.247. The predicted octanol–water partition coefficient (Wildman–Crippen LogP) is 5.70. The van der Waals surface area contributed by atoms with Crippen LogP contribution in [-0.4, -0.2) is 0 Å². The van der Waals surface area contributed by atoms with Gasteiger partial charge in [0.05, 0.1) is 21.8 Å². The Morgan fingerprint density at radius 2 is 1.74 bits per heavy atom. The van der Waals surface area contributed by atoms with Crippen LogP contribution in [0, 0.1) is 5.82 Å². The van der Waals surface area contributed by atoms with Crippen molar-refractivity contribution in [1.82, 2.24) is 0 Å². The van der Waals surface area contributed by atoms with E-state index in [0.717, 1.165) is 12.0 Å². The third-order valence-electron chi connectivity index (χ3n) is 2.94. The fraction of sp³-hybridized carbons (Fsp3) is 0.200. The molecule has 0 amide bonds. The number of hydrogen-bond donors (Lipinski definition) is 1. The van der Waals surface area contributed by atoms with E-state index >= 15 is 0 Å². The van der Waals surface area contributed by atoms with E-state index < -0.39 is 0 Å². The van der Waals surface area contributed by atoms with Gasteiger partial charge in [-0.25, -0.2) is 4.39 Å². The minimum Gasteiger partial charge on any atom is -0.376 e. The number of hydrogen-bond acceptors (Lipinski definition) is 1. The molecule has 0 bridgehead atoms. The average molecular weight is 298 g/mol. The molecule has 0 saturated heterocycles. The quantitative estimate of drug-likeness (QED) is 0.764. The third-order valence-corrected chi connectivity index (χ3v) is 3.57. The molecule has 0 aromatic heterocycles. The molecule has 2 rings (SSSR count). The summed E-state index contributed by atoms with van der Waals surface area (Å²) in [6.07, 6.45) is 0.797. The summed E-state index contributed by atoms with van der Waals surface area (Å²) < 4.78 is 13.3. The molecule has 1 nitrogen and oxygen atoms in total. The first-order valence-electron chi connectivity index (χ1n) is 6.08. The Morgan fingerprint density at radius 1 is 1.11 bits per heavy atom. The summed E-state index contributed by atoms with van der Waals surface area (Å²) in [5.41, 5.74) is 1.56. The highest BCUT2D eigenvalue weighted by Gasteiger charge is 2.13. The molecule has 0 radical (unpaired) electrons. The van der Waals surface area contributed by atoms with Crippen LogP contribution < -0.4 is 5.32 Å². The lowest BCUT2D eigenvalue weighted by Crippen LogP contribution is -2.10. The molecule has 0 spiro atoms. The summed E-state index contributed by atoms with van der Waals surface area (Å²) in [5.74, 6) is -0.247. The zero-order chi connectivity index (χ0) is 13.8. The molecule has 0 aliphatic carbocycles. The van der Waals surface area contributed by atoms with Crippen molar-refractivity contribution in [1.29, 1.82) is 0 Å². The van der Waals surface area contributed by atoms with E-state index in [4.69, 9.17) is 23.2 Å². The van der Waals surface area contributed by atoms with Gasteiger partial charge in [-0.2, -0.15) is 0 Å². The molecule has 0 fully saturated rings. The Bertz CT molecular complexity index is 552. The highest BCUT2D eigenvalue weighted by molar-refractivity contribution is 6.39. The van der Waals surface area contributed by atoms with E-state index in [1.165, 1.54) is 12.1 Å². The van der Waals surface area contributed by atoms with Gasteiger partial charge in [0.1, 0.15) is 5.82 Å². The van der Waals surface area contributed by atoms with Gasteiger partial charge in [-0.05, 0) is 36.2 Å². The molecule has 0 aliphatic heterocycles. The first-order chi connectivity index (χ1) is 9.11. The number of halogens is 3. The number of benzene rings is 2. The molecule has 100 valence electrons. The van der Waals surface area contributed by atoms with Gasteiger partial charge in [-0.3, -0.25) is 0 Å². The van der Waals surface area contributed by atoms with Gasteiger partial charge < -0.3 is 5.32 Å². The second-order valence-corrected chi connectivity index (χ2v) is 5.07. The van der Waals surface area contributed by atoms with Crippen molar-refractivity contribution in [3.8, 4) is 0 Å². The number of para-hydroxylation sites is 1. The van der Waals surface area contributed by atoms with Crippen LogP contribution >= 0.6 is 23.2 Å². The van der Waals surface area contributed by atoms with Crippen LogP contribution in [0.1, 0.15) is 24.9 Å². The summed E-state index contributed by atoms with van der Waals surface area (Å²) in [4.78, 5) is 0. The Balaban J connectivity index is 2.29. The fourth-order valence-corrected chi connectivity index (χ4v) is 2.46. The lowest BCUT2D eigenvalue weighted by molar-refractivity contribution is 0.621. The predicted molar refractivity (Wildman–Crippen MR) is 79.5 cm³/mol. The van der Waals surface area contributed by atoms with Crippen LogP contribution in [0.4, 0.5) is 10.1 Å². The van der Waals surface area contributed by atoms with Gasteiger partial charge in [-0.15, -0.1) is 0 Å². The van der Waals surface area contributed by atoms with Crippen LogP contribution in [0.5, 0.6) is 0 Å². The van der Waals surface area contributed by atoms with Crippen LogP contribution in [0.25, 0.3) is 0 Å². The Kier molecular flexibility index (Phi) is 4.67. The molecule has 2 aromatic carbocycles. The van der Waals surface area contributed by atoms with Crippen LogP contribution in [0.15, 0.2) is 42.5 Å². The zero-order valence-corrected chi connectivity index (χ0v) is 12.0. The van der Waals surface area contributed by atoms with Gasteiger partial charge in [-0.1, -0.05) is 48.3 Å². The van der Waals surface area contributed by atoms with Crippen LogP contribution in [-0.2, 0) is 0 Å². The van der Waals surface area contributed by atoms with Gasteiger partial charge in [0.2, 0.25) is 0 Å². The van der Waals surface area contributed by atoms with Gasteiger partial charge in [0, 0.05) is 0 Å². The van der Waals surface area contributed by atoms with Crippen molar-refractivity contribution in [3.05, 3.63) is 63.9 Å². The molecule has 1 atom stereocenters. The summed E-state index contributed by atoms with van der Waals surface area (Å²) >= 11 is 12.3. The Morgan fingerprint density at radius 3 is 2.32 bits per heavy atom. The van der Waals surface area contributed by atoms with Crippen molar-refractivity contribution >= 4 is 28.9 Å². The third kappa shape index (κ3) is 3.40. The first-order valence-corrected chi connectivity index (χ1v) is 6.83. The van der Waals surface area contributed by atoms with E-state index in [9.17, 15) is 4.39 Å². The molecule has 1 unspecified atom stereocenters. The van der Waals surface area contributed by atoms with Gasteiger partial charge >= 0.3 is 0 Å². The summed E-state index contributed by atoms with van der Waals surface area (Å²) in [6.45, 7) is 2.02. The zero-order valence-electron chi connectivity index (χ0n) is 10.5. The normalized spacial score (nSPS) is 12.2. The highest BCUT2D eigenvalue weighted by atomic mass is 35.5. The largest absolute Gasteiger partial charge is 0.376 e. The molecule has 4 heteroatoms. The van der Waals surface area contributed by atoms with Gasteiger partial charge in [0.25, 0.3) is 0 Å².